The highest BCUT2D eigenvalue weighted by Gasteiger charge is 2.23. The molecule has 0 spiro atoms. The maximum Gasteiger partial charge on any atom is 0.268 e. The molecule has 8 rings (SSSR count). The van der Waals surface area contributed by atoms with Gasteiger partial charge in [-0.1, -0.05) is 111 Å². The Morgan fingerprint density at radius 2 is 0.882 bits per heavy atom. The topological polar surface area (TPSA) is 73.2 Å². The lowest BCUT2D eigenvalue weighted by Gasteiger charge is -2.09. The van der Waals surface area contributed by atoms with Gasteiger partial charge in [0, 0.05) is 39.3 Å². The van der Waals surface area contributed by atoms with Gasteiger partial charge in [0.2, 0.25) is 0 Å². The van der Waals surface area contributed by atoms with Crippen LogP contribution < -0.4 is 0 Å². The molecule has 0 bridgehead atoms. The summed E-state index contributed by atoms with van der Waals surface area (Å²) < 4.78 is 53.7. The lowest BCUT2D eigenvalue weighted by molar-refractivity contribution is 0.590. The van der Waals surface area contributed by atoms with Gasteiger partial charge in [-0.25, -0.2) is 20.8 Å². The van der Waals surface area contributed by atoms with E-state index in [0.717, 1.165) is 46.2 Å². The number of aromatic nitrogens is 1. The number of aryl methyl sites for hydroxylation is 2. The minimum atomic E-state index is -3.71. The predicted octanol–water partition coefficient (Wildman–Crippen LogP) is 12.6. The number of rotatable bonds is 3. The first-order chi connectivity index (χ1) is 24.1. The molecule has 0 amide bonds. The van der Waals surface area contributed by atoms with Crippen molar-refractivity contribution in [2.24, 2.45) is 0 Å². The molecule has 0 radical (unpaired) electrons. The summed E-state index contributed by atoms with van der Waals surface area (Å²) in [4.78, 5) is 0.424. The van der Waals surface area contributed by atoms with Crippen molar-refractivity contribution in [3.8, 4) is 11.1 Å². The summed E-state index contributed by atoms with van der Waals surface area (Å²) in [5.41, 5.74) is 8.93. The quantitative estimate of drug-likeness (QED) is 0.165. The van der Waals surface area contributed by atoms with Crippen molar-refractivity contribution in [1.29, 1.82) is 0 Å². The van der Waals surface area contributed by atoms with Crippen LogP contribution in [0.15, 0.2) is 149 Å². The number of halogens is 5. The summed E-state index contributed by atoms with van der Waals surface area (Å²) >= 11 is 14.0. The Morgan fingerprint density at radius 1 is 0.510 bits per heavy atom. The van der Waals surface area contributed by atoms with Gasteiger partial charge in [-0.15, -0.1) is 0 Å². The molecule has 0 N–H and O–H groups in total. The van der Waals surface area contributed by atoms with Gasteiger partial charge in [-0.3, -0.25) is 0 Å². The second kappa shape index (κ2) is 15.3. The molecule has 0 saturated heterocycles. The summed E-state index contributed by atoms with van der Waals surface area (Å²) in [7, 11) is -2.17. The molecule has 7 aromatic rings. The summed E-state index contributed by atoms with van der Waals surface area (Å²) in [6.45, 7) is 3.82. The minimum Gasteiger partial charge on any atom is -0.233 e. The Labute approximate surface area is 335 Å². The van der Waals surface area contributed by atoms with Gasteiger partial charge >= 0.3 is 0 Å². The van der Waals surface area contributed by atoms with Crippen molar-refractivity contribution in [3.63, 3.8) is 0 Å². The third-order valence-electron chi connectivity index (χ3n) is 8.32. The van der Waals surface area contributed by atoms with Crippen molar-refractivity contribution in [2.45, 2.75) is 30.1 Å². The number of hydrogen-bond acceptors (Lipinski definition) is 4. The Balaban J connectivity index is 0.000000146. The number of fused-ring (bicyclic) bond motifs is 6. The van der Waals surface area contributed by atoms with Crippen LogP contribution in [0.4, 0.5) is 0 Å². The average molecular weight is 994 g/mol. The van der Waals surface area contributed by atoms with Crippen molar-refractivity contribution in [2.75, 3.05) is 0 Å². The number of nitrogens with zero attached hydrogens (tertiary/aromatic N) is 1. The van der Waals surface area contributed by atoms with E-state index in [1.165, 1.54) is 38.4 Å². The van der Waals surface area contributed by atoms with Crippen LogP contribution >= 0.6 is 74.4 Å². The molecule has 5 nitrogen and oxygen atoms in total. The maximum absolute atomic E-state index is 13.3. The first-order valence-corrected chi connectivity index (χ1v) is 22.3. The summed E-state index contributed by atoms with van der Waals surface area (Å²) in [5.74, 6) is 0. The van der Waals surface area contributed by atoms with E-state index in [1.54, 1.807) is 24.3 Å². The standard InChI is InChI=1S/C19H13Br2NO2S.C13H8Br2.C7H7ClO2S/c1-12-2-6-15(7-3-12)25(23,24)22-18-8-4-13(20)10-16(18)17-11-14(21)5-9-19(17)22;14-10-3-1-8-5-9-2-4-11(15)7-13(9)12(8)6-10;1-6-2-4-7(5-3-6)11(8,9)10/h2-11H,1H3;1-4,6-7H,5H2;2-5H,1H3. The number of benzene rings is 6. The summed E-state index contributed by atoms with van der Waals surface area (Å²) in [5, 5.41) is 1.78. The molecule has 0 saturated carbocycles. The van der Waals surface area contributed by atoms with E-state index in [4.69, 9.17) is 10.7 Å². The number of hydrogen-bond donors (Lipinski definition) is 0. The van der Waals surface area contributed by atoms with Gasteiger partial charge < -0.3 is 0 Å². The van der Waals surface area contributed by atoms with E-state index in [0.29, 0.717) is 11.0 Å². The fourth-order valence-electron chi connectivity index (χ4n) is 5.82. The zero-order valence-electron chi connectivity index (χ0n) is 27.0. The molecule has 51 heavy (non-hydrogen) atoms. The van der Waals surface area contributed by atoms with Crippen LogP contribution in [0.5, 0.6) is 0 Å². The molecule has 0 atom stereocenters. The Morgan fingerprint density at radius 3 is 1.29 bits per heavy atom. The first-order valence-electron chi connectivity index (χ1n) is 15.4. The molecule has 0 fully saturated rings. The molecule has 1 aliphatic rings. The van der Waals surface area contributed by atoms with Crippen molar-refractivity contribution >= 4 is 115 Å². The second-order valence-corrected chi connectivity index (χ2v) is 20.0. The molecule has 12 heteroatoms. The fraction of sp³-hybridized carbons (Fsp3) is 0.0769. The fourth-order valence-corrected chi connectivity index (χ4v) is 9.56. The van der Waals surface area contributed by atoms with Crippen LogP contribution in [0.1, 0.15) is 22.3 Å². The van der Waals surface area contributed by atoms with Crippen LogP contribution in [0.25, 0.3) is 32.9 Å². The highest BCUT2D eigenvalue weighted by atomic mass is 79.9. The molecule has 0 aliphatic heterocycles. The maximum atomic E-state index is 13.3. The average Bonchev–Trinajstić information content (AvgIpc) is 3.60. The highest BCUT2D eigenvalue weighted by Crippen LogP contribution is 2.39. The van der Waals surface area contributed by atoms with Crippen LogP contribution in [0.3, 0.4) is 0 Å². The van der Waals surface area contributed by atoms with Gasteiger partial charge in [0.1, 0.15) is 0 Å². The molecule has 260 valence electrons. The van der Waals surface area contributed by atoms with Crippen LogP contribution in [0, 0.1) is 13.8 Å². The van der Waals surface area contributed by atoms with Gasteiger partial charge in [0.15, 0.2) is 0 Å². The van der Waals surface area contributed by atoms with Crippen LogP contribution in [-0.4, -0.2) is 20.8 Å². The smallest absolute Gasteiger partial charge is 0.233 e. The van der Waals surface area contributed by atoms with E-state index in [2.05, 4.69) is 100 Å². The van der Waals surface area contributed by atoms with Gasteiger partial charge in [-0.2, -0.15) is 0 Å². The Kier molecular flexibility index (Phi) is 11.4. The highest BCUT2D eigenvalue weighted by molar-refractivity contribution is 9.11. The van der Waals surface area contributed by atoms with Gasteiger partial charge in [0.25, 0.3) is 19.1 Å². The predicted molar refractivity (Wildman–Crippen MR) is 223 cm³/mol. The molecular weight excluding hydrogens is 966 g/mol. The summed E-state index contributed by atoms with van der Waals surface area (Å²) in [6, 6.07) is 37.6. The largest absolute Gasteiger partial charge is 0.268 e. The van der Waals surface area contributed by atoms with Crippen LogP contribution in [0.2, 0.25) is 0 Å². The summed E-state index contributed by atoms with van der Waals surface area (Å²) in [6.07, 6.45) is 1.06. The van der Waals surface area contributed by atoms with Crippen molar-refractivity contribution in [1.82, 2.24) is 3.97 Å². The van der Waals surface area contributed by atoms with E-state index in [9.17, 15) is 16.8 Å². The van der Waals surface area contributed by atoms with E-state index < -0.39 is 19.1 Å². The molecule has 1 aliphatic carbocycles. The zero-order chi connectivity index (χ0) is 36.7. The molecule has 1 aromatic heterocycles. The van der Waals surface area contributed by atoms with Crippen LogP contribution in [-0.2, 0) is 25.5 Å². The third kappa shape index (κ3) is 8.40. The van der Waals surface area contributed by atoms with Gasteiger partial charge in [0.05, 0.1) is 20.8 Å². The second-order valence-electron chi connectivity index (χ2n) is 11.9. The van der Waals surface area contributed by atoms with E-state index >= 15 is 0 Å². The van der Waals surface area contributed by atoms with Crippen molar-refractivity contribution in [3.05, 3.63) is 161 Å². The molecule has 6 aromatic carbocycles. The molecule has 0 unspecified atom stereocenters. The lowest BCUT2D eigenvalue weighted by atomic mass is 10.1. The Hall–Kier alpha value is -2.77. The SMILES string of the molecule is Brc1ccc2c(c1)-c1cc(Br)ccc1C2.Cc1ccc(S(=O)(=O)Cl)cc1.Cc1ccc(S(=O)(=O)n2c3ccc(Br)cc3c3cc(Br)ccc32)cc1. The molecule has 1 heterocycles. The van der Waals surface area contributed by atoms with E-state index in [1.807, 2.05) is 62.4 Å². The Bertz CT molecular complexity index is 2550. The third-order valence-corrected chi connectivity index (χ3v) is 13.4. The zero-order valence-corrected chi connectivity index (χ0v) is 35.8. The monoisotopic (exact) mass is 989 g/mol. The van der Waals surface area contributed by atoms with Crippen molar-refractivity contribution < 1.29 is 16.8 Å². The lowest BCUT2D eigenvalue weighted by Crippen LogP contribution is -2.12. The first kappa shape index (κ1) is 38.0. The normalized spacial score (nSPS) is 12.1. The van der Waals surface area contributed by atoms with E-state index in [-0.39, 0.29) is 9.79 Å². The minimum absolute atomic E-state index is 0.143. The molecular formula is C39H28Br4ClNO4S2. The van der Waals surface area contributed by atoms with Gasteiger partial charge in [-0.05, 0) is 127 Å².